The van der Waals surface area contributed by atoms with Crippen LogP contribution in [-0.4, -0.2) is 100 Å². The van der Waals surface area contributed by atoms with E-state index in [1.54, 1.807) is 48.5 Å². The lowest BCUT2D eigenvalue weighted by molar-refractivity contribution is -0.132. The van der Waals surface area contributed by atoms with Crippen molar-refractivity contribution in [2.24, 2.45) is 5.73 Å². The van der Waals surface area contributed by atoms with Gasteiger partial charge in [-0.05, 0) is 94.2 Å². The van der Waals surface area contributed by atoms with E-state index in [9.17, 15) is 19.2 Å². The Bertz CT molecular complexity index is 1660. The number of hydrogen-bond donors (Lipinski definition) is 4. The maximum absolute atomic E-state index is 13.6. The Hall–Kier alpha value is -4.98. The van der Waals surface area contributed by atoms with Crippen LogP contribution in [0.2, 0.25) is 0 Å². The summed E-state index contributed by atoms with van der Waals surface area (Å²) in [7, 11) is 3.58. The van der Waals surface area contributed by atoms with E-state index in [2.05, 4.69) is 27.9 Å². The number of hydrogen-bond acceptors (Lipinski definition) is 9. The van der Waals surface area contributed by atoms with E-state index < -0.39 is 5.91 Å². The number of piperazine rings is 1. The molecular weight excluding hydrogens is 664 g/mol. The SMILES string of the molecule is CNC(=O)COCc1cc(C(=O)Nc2ccc(C)cc2OCCCCCC(=O)N2CCN(C)CC2)ccc1NC(=O)c1ccccc1OCCCN. The summed E-state index contributed by atoms with van der Waals surface area (Å²) in [5, 5.41) is 8.37. The number of benzene rings is 3. The van der Waals surface area contributed by atoms with Crippen LogP contribution in [0.25, 0.3) is 0 Å². The van der Waals surface area contributed by atoms with Crippen molar-refractivity contribution >= 4 is 35.0 Å². The van der Waals surface area contributed by atoms with Crippen molar-refractivity contribution in [1.29, 1.82) is 0 Å². The number of ether oxygens (including phenoxy) is 3. The van der Waals surface area contributed by atoms with E-state index in [-0.39, 0.29) is 30.9 Å². The Kier molecular flexibility index (Phi) is 15.9. The normalized spacial score (nSPS) is 13.0. The molecule has 280 valence electrons. The molecule has 0 radical (unpaired) electrons. The van der Waals surface area contributed by atoms with Gasteiger partial charge in [0.15, 0.2) is 0 Å². The standard InChI is InChI=1S/C39H52N6O7/c1-28-13-15-33(35(24-28)52-22-8-4-5-12-37(47)45-20-18-44(3)19-21-45)43-38(48)29-14-16-32(30(25-29)26-50-27-36(46)41-2)42-39(49)31-10-6-7-11-34(31)51-23-9-17-40/h6-7,10-11,13-16,24-25H,4-5,8-9,12,17-23,26-27,40H2,1-3H3,(H,41,46)(H,42,49)(H,43,48). The Morgan fingerprint density at radius 3 is 2.27 bits per heavy atom. The summed E-state index contributed by atoms with van der Waals surface area (Å²) in [6.45, 7) is 6.38. The van der Waals surface area contributed by atoms with Crippen molar-refractivity contribution < 1.29 is 33.4 Å². The summed E-state index contributed by atoms with van der Waals surface area (Å²) in [5.74, 6) is 0.0790. The van der Waals surface area contributed by atoms with Gasteiger partial charge in [0.25, 0.3) is 11.8 Å². The fourth-order valence-corrected chi connectivity index (χ4v) is 5.54. The number of likely N-dealkylation sites (N-methyl/N-ethyl adjacent to an activating group) is 2. The quantitative estimate of drug-likeness (QED) is 0.133. The molecule has 0 saturated carbocycles. The smallest absolute Gasteiger partial charge is 0.259 e. The molecular formula is C39H52N6O7. The van der Waals surface area contributed by atoms with Crippen molar-refractivity contribution in [3.8, 4) is 11.5 Å². The minimum Gasteiger partial charge on any atom is -0.493 e. The summed E-state index contributed by atoms with van der Waals surface area (Å²) in [6.07, 6.45) is 3.60. The molecule has 0 unspecified atom stereocenters. The predicted octanol–water partition coefficient (Wildman–Crippen LogP) is 4.20. The van der Waals surface area contributed by atoms with Crippen LogP contribution in [0.4, 0.5) is 11.4 Å². The van der Waals surface area contributed by atoms with Crippen molar-refractivity contribution in [3.63, 3.8) is 0 Å². The van der Waals surface area contributed by atoms with Crippen LogP contribution in [0.3, 0.4) is 0 Å². The minimum atomic E-state index is -0.406. The maximum Gasteiger partial charge on any atom is 0.259 e. The zero-order valence-electron chi connectivity index (χ0n) is 30.5. The number of unbranched alkanes of at least 4 members (excludes halogenated alkanes) is 2. The van der Waals surface area contributed by atoms with Crippen LogP contribution >= 0.6 is 0 Å². The summed E-state index contributed by atoms with van der Waals surface area (Å²) >= 11 is 0. The highest BCUT2D eigenvalue weighted by Crippen LogP contribution is 2.28. The highest BCUT2D eigenvalue weighted by atomic mass is 16.5. The van der Waals surface area contributed by atoms with Crippen molar-refractivity contribution in [1.82, 2.24) is 15.1 Å². The first-order valence-corrected chi connectivity index (χ1v) is 17.8. The number of anilines is 2. The third-order valence-electron chi connectivity index (χ3n) is 8.66. The summed E-state index contributed by atoms with van der Waals surface area (Å²) in [5.41, 5.74) is 8.65. The van der Waals surface area contributed by atoms with Crippen LogP contribution in [0.15, 0.2) is 60.7 Å². The molecule has 0 aliphatic carbocycles. The first-order valence-electron chi connectivity index (χ1n) is 17.8. The molecule has 5 N–H and O–H groups in total. The molecule has 1 aliphatic rings. The van der Waals surface area contributed by atoms with Crippen LogP contribution in [-0.2, 0) is 20.9 Å². The number of para-hydroxylation sites is 1. The van der Waals surface area contributed by atoms with Crippen LogP contribution in [0, 0.1) is 6.92 Å². The Morgan fingerprint density at radius 1 is 0.788 bits per heavy atom. The van der Waals surface area contributed by atoms with Gasteiger partial charge in [0.1, 0.15) is 18.1 Å². The lowest BCUT2D eigenvalue weighted by Gasteiger charge is -2.32. The van der Waals surface area contributed by atoms with Gasteiger partial charge in [-0.15, -0.1) is 0 Å². The molecule has 4 rings (SSSR count). The first-order chi connectivity index (χ1) is 25.2. The molecule has 1 fully saturated rings. The first kappa shape index (κ1) is 39.8. The zero-order chi connectivity index (χ0) is 37.3. The minimum absolute atomic E-state index is 0.0430. The van der Waals surface area contributed by atoms with E-state index in [0.717, 1.165) is 51.0 Å². The fraction of sp³-hybridized carbons (Fsp3) is 0.436. The molecule has 1 saturated heterocycles. The molecule has 0 atom stereocenters. The van der Waals surface area contributed by atoms with E-state index in [4.69, 9.17) is 19.9 Å². The average molecular weight is 717 g/mol. The monoisotopic (exact) mass is 716 g/mol. The van der Waals surface area contributed by atoms with Crippen LogP contribution in [0.1, 0.15) is 63.9 Å². The number of carbonyl (C=O) groups excluding carboxylic acids is 4. The van der Waals surface area contributed by atoms with E-state index in [0.29, 0.717) is 72.2 Å². The number of nitrogens with two attached hydrogens (primary N) is 1. The van der Waals surface area contributed by atoms with Gasteiger partial charge < -0.3 is 45.7 Å². The molecule has 0 bridgehead atoms. The molecule has 3 aromatic rings. The summed E-state index contributed by atoms with van der Waals surface area (Å²) < 4.78 is 17.5. The average Bonchev–Trinajstić information content (AvgIpc) is 3.14. The number of nitrogens with one attached hydrogen (secondary N) is 3. The predicted molar refractivity (Wildman–Crippen MR) is 201 cm³/mol. The number of carbonyl (C=O) groups is 4. The van der Waals surface area contributed by atoms with Gasteiger partial charge in [0, 0.05) is 56.5 Å². The third kappa shape index (κ3) is 12.4. The molecule has 0 aromatic heterocycles. The van der Waals surface area contributed by atoms with E-state index in [1.165, 1.54) is 7.05 Å². The summed E-state index contributed by atoms with van der Waals surface area (Å²) in [6, 6.07) is 17.3. The maximum atomic E-state index is 13.6. The lowest BCUT2D eigenvalue weighted by atomic mass is 10.1. The lowest BCUT2D eigenvalue weighted by Crippen LogP contribution is -2.47. The van der Waals surface area contributed by atoms with Crippen LogP contribution in [0.5, 0.6) is 11.5 Å². The molecule has 13 nitrogen and oxygen atoms in total. The van der Waals surface area contributed by atoms with Gasteiger partial charge >= 0.3 is 0 Å². The Balaban J connectivity index is 1.39. The topological polar surface area (TPSA) is 165 Å². The summed E-state index contributed by atoms with van der Waals surface area (Å²) in [4.78, 5) is 55.5. The van der Waals surface area contributed by atoms with E-state index >= 15 is 0 Å². The van der Waals surface area contributed by atoms with Crippen molar-refractivity contribution in [2.45, 2.75) is 45.6 Å². The Morgan fingerprint density at radius 2 is 1.50 bits per heavy atom. The number of nitrogens with zero attached hydrogens (tertiary/aromatic N) is 2. The molecule has 3 aromatic carbocycles. The molecule has 1 aliphatic heterocycles. The number of aryl methyl sites for hydroxylation is 1. The van der Waals surface area contributed by atoms with Gasteiger partial charge in [-0.25, -0.2) is 0 Å². The molecule has 4 amide bonds. The molecule has 1 heterocycles. The highest BCUT2D eigenvalue weighted by Gasteiger charge is 2.19. The molecule has 0 spiro atoms. The van der Waals surface area contributed by atoms with Crippen molar-refractivity contribution in [3.05, 3.63) is 82.9 Å². The van der Waals surface area contributed by atoms with Gasteiger partial charge in [-0.2, -0.15) is 0 Å². The van der Waals surface area contributed by atoms with E-state index in [1.807, 2.05) is 24.0 Å². The van der Waals surface area contributed by atoms with Crippen molar-refractivity contribution in [2.75, 3.05) is 77.3 Å². The van der Waals surface area contributed by atoms with Gasteiger partial charge in [0.2, 0.25) is 11.8 Å². The third-order valence-corrected chi connectivity index (χ3v) is 8.66. The zero-order valence-corrected chi connectivity index (χ0v) is 30.5. The molecule has 52 heavy (non-hydrogen) atoms. The highest BCUT2D eigenvalue weighted by molar-refractivity contribution is 6.08. The van der Waals surface area contributed by atoms with Gasteiger partial charge in [-0.1, -0.05) is 18.2 Å². The second kappa shape index (κ2) is 20.8. The van der Waals surface area contributed by atoms with Gasteiger partial charge in [-0.3, -0.25) is 19.2 Å². The number of amides is 4. The fourth-order valence-electron chi connectivity index (χ4n) is 5.54. The second-order valence-corrected chi connectivity index (χ2v) is 12.8. The second-order valence-electron chi connectivity index (χ2n) is 12.8. The Labute approximate surface area is 306 Å². The van der Waals surface area contributed by atoms with Crippen LogP contribution < -0.4 is 31.2 Å². The molecule has 13 heteroatoms. The largest absolute Gasteiger partial charge is 0.493 e. The number of rotatable bonds is 19. The van der Waals surface area contributed by atoms with Gasteiger partial charge in [0.05, 0.1) is 31.1 Å².